The lowest BCUT2D eigenvalue weighted by Crippen LogP contribution is -2.39. The fraction of sp³-hybridized carbons (Fsp3) is 0.375. The molecule has 1 atom stereocenters. The summed E-state index contributed by atoms with van der Waals surface area (Å²) in [6.45, 7) is 10.4. The van der Waals surface area contributed by atoms with Crippen LogP contribution < -0.4 is 0 Å². The topological polar surface area (TPSA) is 127 Å². The molecule has 12 heteroatoms. The smallest absolute Gasteiger partial charge is 0.338 e. The maximum Gasteiger partial charge on any atom is 0.338 e. The van der Waals surface area contributed by atoms with Crippen LogP contribution in [-0.2, 0) is 39.1 Å². The van der Waals surface area contributed by atoms with Crippen LogP contribution >= 0.6 is 0 Å². The summed E-state index contributed by atoms with van der Waals surface area (Å²) < 4.78 is 68.0. The van der Waals surface area contributed by atoms with Crippen molar-refractivity contribution in [2.24, 2.45) is 5.41 Å². The van der Waals surface area contributed by atoms with Crippen molar-refractivity contribution >= 4 is 32.0 Å². The quantitative estimate of drug-likeness (QED) is 0.282. The molecule has 4 rings (SSSR count). The van der Waals surface area contributed by atoms with Gasteiger partial charge in [0, 0.05) is 37.2 Å². The van der Waals surface area contributed by atoms with Crippen LogP contribution in [-0.4, -0.2) is 77.8 Å². The van der Waals surface area contributed by atoms with E-state index in [0.29, 0.717) is 11.1 Å². The van der Waals surface area contributed by atoms with Gasteiger partial charge in [-0.2, -0.15) is 8.61 Å². The number of carbonyl (C=O) groups excluding carboxylic acids is 2. The van der Waals surface area contributed by atoms with Crippen molar-refractivity contribution in [1.82, 2.24) is 8.61 Å². The first-order valence-corrected chi connectivity index (χ1v) is 16.8. The Kier molecular flexibility index (Phi) is 9.41. The summed E-state index contributed by atoms with van der Waals surface area (Å²) >= 11 is 0. The summed E-state index contributed by atoms with van der Waals surface area (Å²) in [5.74, 6) is -1.55. The zero-order chi connectivity index (χ0) is 32.6. The highest BCUT2D eigenvalue weighted by atomic mass is 32.2. The lowest BCUT2D eigenvalue weighted by molar-refractivity contribution is -0.136. The Hall–Kier alpha value is -3.58. The first kappa shape index (κ1) is 33.3. The van der Waals surface area contributed by atoms with E-state index in [2.05, 4.69) is 6.58 Å². The van der Waals surface area contributed by atoms with Crippen LogP contribution in [0, 0.1) is 19.3 Å². The van der Waals surface area contributed by atoms with E-state index in [9.17, 15) is 26.4 Å². The molecular formula is C32H38N2O8S2. The van der Waals surface area contributed by atoms with Crippen LogP contribution in [0.25, 0.3) is 0 Å². The van der Waals surface area contributed by atoms with Crippen molar-refractivity contribution < 1.29 is 35.9 Å². The van der Waals surface area contributed by atoms with Crippen LogP contribution in [0.1, 0.15) is 31.4 Å². The van der Waals surface area contributed by atoms with Crippen LogP contribution in [0.5, 0.6) is 0 Å². The molecule has 0 spiro atoms. The number of rotatable bonds is 10. The Balaban J connectivity index is 1.89. The molecule has 0 N–H and O–H groups in total. The summed E-state index contributed by atoms with van der Waals surface area (Å²) in [4.78, 5) is 26.9. The molecule has 1 heterocycles. The fourth-order valence-corrected chi connectivity index (χ4v) is 8.71. The SMILES string of the molecule is C=C(C)CN(CC1=C(C(=O)OC)CC2(C)CN(S(=O)(=O)c3ccc(C)cc3)CC2=C1C(=O)OC)S(=O)(=O)c1ccc(C)cc1. The summed E-state index contributed by atoms with van der Waals surface area (Å²) in [5.41, 5.74) is 1.97. The number of methoxy groups -OCH3 is 2. The van der Waals surface area contributed by atoms with Crippen molar-refractivity contribution in [3.63, 3.8) is 0 Å². The highest BCUT2D eigenvalue weighted by molar-refractivity contribution is 7.89. The summed E-state index contributed by atoms with van der Waals surface area (Å²) in [7, 11) is -5.72. The third-order valence-electron chi connectivity index (χ3n) is 8.04. The van der Waals surface area contributed by atoms with Crippen molar-refractivity contribution in [3.05, 3.63) is 94.1 Å². The molecule has 0 radical (unpaired) electrons. The van der Waals surface area contributed by atoms with Gasteiger partial charge in [0.2, 0.25) is 20.0 Å². The van der Waals surface area contributed by atoms with Gasteiger partial charge in [0.25, 0.3) is 0 Å². The number of hydrogen-bond donors (Lipinski definition) is 0. The third-order valence-corrected chi connectivity index (χ3v) is 11.7. The van der Waals surface area contributed by atoms with E-state index in [1.54, 1.807) is 38.1 Å². The van der Waals surface area contributed by atoms with Gasteiger partial charge in [0.15, 0.2) is 0 Å². The third kappa shape index (κ3) is 6.30. The van der Waals surface area contributed by atoms with E-state index < -0.39 is 37.4 Å². The highest BCUT2D eigenvalue weighted by Crippen LogP contribution is 2.50. The van der Waals surface area contributed by atoms with E-state index in [0.717, 1.165) is 15.4 Å². The van der Waals surface area contributed by atoms with E-state index in [1.165, 1.54) is 42.8 Å². The second kappa shape index (κ2) is 12.4. The zero-order valence-electron chi connectivity index (χ0n) is 25.8. The first-order chi connectivity index (χ1) is 20.5. The molecule has 1 aliphatic heterocycles. The van der Waals surface area contributed by atoms with E-state index >= 15 is 0 Å². The Labute approximate surface area is 259 Å². The average molecular weight is 643 g/mol. The minimum absolute atomic E-state index is 0.00996. The van der Waals surface area contributed by atoms with Gasteiger partial charge in [-0.05, 0) is 62.6 Å². The number of esters is 2. The minimum Gasteiger partial charge on any atom is -0.466 e. The van der Waals surface area contributed by atoms with Crippen LogP contribution in [0.3, 0.4) is 0 Å². The molecule has 1 saturated heterocycles. The van der Waals surface area contributed by atoms with Crippen LogP contribution in [0.4, 0.5) is 0 Å². The molecule has 0 bridgehead atoms. The lowest BCUT2D eigenvalue weighted by atomic mass is 9.70. The summed E-state index contributed by atoms with van der Waals surface area (Å²) in [6, 6.07) is 12.8. The van der Waals surface area contributed by atoms with Crippen LogP contribution in [0.15, 0.2) is 92.8 Å². The standard InChI is InChI=1S/C32H38N2O8S2/c1-21(2)17-33(43(37,38)24-12-8-22(3)9-13-24)18-27-26(30(35)41-6)16-32(5)20-34(19-28(32)29(27)31(36)42-7)44(39,40)25-14-10-23(4)11-15-25/h8-15H,1,16-20H2,2-7H3. The minimum atomic E-state index is -4.13. The Morgan fingerprint density at radius 2 is 1.43 bits per heavy atom. The van der Waals surface area contributed by atoms with Gasteiger partial charge >= 0.3 is 11.9 Å². The molecule has 0 amide bonds. The number of ether oxygens (including phenoxy) is 2. The van der Waals surface area contributed by atoms with Gasteiger partial charge in [-0.25, -0.2) is 26.4 Å². The predicted octanol–water partition coefficient (Wildman–Crippen LogP) is 3.92. The summed E-state index contributed by atoms with van der Waals surface area (Å²) in [6.07, 6.45) is 0.0241. The van der Waals surface area contributed by atoms with Gasteiger partial charge < -0.3 is 9.47 Å². The first-order valence-electron chi connectivity index (χ1n) is 14.0. The molecule has 0 aromatic heterocycles. The molecule has 1 fully saturated rings. The molecular weight excluding hydrogens is 604 g/mol. The predicted molar refractivity (Wildman–Crippen MR) is 165 cm³/mol. The lowest BCUT2D eigenvalue weighted by Gasteiger charge is -2.35. The van der Waals surface area contributed by atoms with Gasteiger partial charge in [-0.15, -0.1) is 0 Å². The summed E-state index contributed by atoms with van der Waals surface area (Å²) in [5, 5.41) is 0. The number of sulfonamides is 2. The maximum absolute atomic E-state index is 13.9. The Morgan fingerprint density at radius 1 is 0.909 bits per heavy atom. The number of fused-ring (bicyclic) bond motifs is 1. The molecule has 44 heavy (non-hydrogen) atoms. The number of hydrogen-bond acceptors (Lipinski definition) is 8. The fourth-order valence-electron chi connectivity index (χ4n) is 5.71. The van der Waals surface area contributed by atoms with Gasteiger partial charge in [-0.1, -0.05) is 54.5 Å². The second-order valence-electron chi connectivity index (χ2n) is 11.7. The Bertz CT molecular complexity index is 1770. The van der Waals surface area contributed by atoms with Gasteiger partial charge in [0.05, 0.1) is 29.6 Å². The van der Waals surface area contributed by atoms with Crippen molar-refractivity contribution in [1.29, 1.82) is 0 Å². The molecule has 1 aliphatic carbocycles. The highest BCUT2D eigenvalue weighted by Gasteiger charge is 2.51. The molecule has 236 valence electrons. The van der Waals surface area contributed by atoms with E-state index in [-0.39, 0.29) is 59.1 Å². The molecule has 1 unspecified atom stereocenters. The number of benzene rings is 2. The van der Waals surface area contributed by atoms with E-state index in [1.807, 2.05) is 13.8 Å². The zero-order valence-corrected chi connectivity index (χ0v) is 27.5. The van der Waals surface area contributed by atoms with Crippen molar-refractivity contribution in [3.8, 4) is 0 Å². The van der Waals surface area contributed by atoms with Gasteiger partial charge in [0.1, 0.15) is 0 Å². The average Bonchev–Trinajstić information content (AvgIpc) is 3.33. The molecule has 2 aromatic rings. The number of nitrogens with zero attached hydrogens (tertiary/aromatic N) is 2. The monoisotopic (exact) mass is 642 g/mol. The van der Waals surface area contributed by atoms with Gasteiger partial charge in [-0.3, -0.25) is 0 Å². The molecule has 2 aliphatic rings. The molecule has 10 nitrogen and oxygen atoms in total. The number of aryl methyl sites for hydroxylation is 2. The number of carbonyl (C=O) groups is 2. The second-order valence-corrected chi connectivity index (χ2v) is 15.5. The molecule has 2 aromatic carbocycles. The van der Waals surface area contributed by atoms with Crippen molar-refractivity contribution in [2.75, 3.05) is 40.4 Å². The molecule has 0 saturated carbocycles. The van der Waals surface area contributed by atoms with Crippen molar-refractivity contribution in [2.45, 2.75) is 43.9 Å². The maximum atomic E-state index is 13.9. The van der Waals surface area contributed by atoms with E-state index in [4.69, 9.17) is 9.47 Å². The van der Waals surface area contributed by atoms with Crippen LogP contribution in [0.2, 0.25) is 0 Å². The normalized spacial score (nSPS) is 19.2. The largest absolute Gasteiger partial charge is 0.466 e. The Morgan fingerprint density at radius 3 is 1.93 bits per heavy atom.